The second kappa shape index (κ2) is 5.73. The molecule has 1 aliphatic rings. The lowest BCUT2D eigenvalue weighted by molar-refractivity contribution is -0.0217. The van der Waals surface area contributed by atoms with Crippen LogP contribution in [0.5, 0.6) is 0 Å². The highest BCUT2D eigenvalue weighted by molar-refractivity contribution is 5.94. The number of hydrogen-bond donors (Lipinski definition) is 0. The molecule has 3 rings (SSSR count). The highest BCUT2D eigenvalue weighted by atomic mass is 19.2. The average Bonchev–Trinajstić information content (AvgIpc) is 2.45. The SMILES string of the molecule is CCOC(=O)c1cn(C2COC2)c2cc(F)c(F)c(C)c2c1=O. The fourth-order valence-corrected chi connectivity index (χ4v) is 2.67. The molecule has 122 valence electrons. The van der Waals surface area contributed by atoms with E-state index in [4.69, 9.17) is 9.47 Å². The first kappa shape index (κ1) is 15.6. The van der Waals surface area contributed by atoms with E-state index in [1.54, 1.807) is 11.5 Å². The molecule has 0 bridgehead atoms. The number of carbonyl (C=O) groups excluding carboxylic acids is 1. The van der Waals surface area contributed by atoms with Crippen LogP contribution < -0.4 is 5.43 Å². The van der Waals surface area contributed by atoms with Crippen LogP contribution in [0.15, 0.2) is 17.1 Å². The fraction of sp³-hybridized carbons (Fsp3) is 0.375. The number of benzene rings is 1. The molecule has 0 N–H and O–H groups in total. The minimum absolute atomic E-state index is 0.0126. The minimum Gasteiger partial charge on any atom is -0.462 e. The molecule has 1 aromatic heterocycles. The van der Waals surface area contributed by atoms with E-state index in [1.165, 1.54) is 13.1 Å². The number of halogens is 2. The van der Waals surface area contributed by atoms with E-state index in [0.717, 1.165) is 6.07 Å². The third kappa shape index (κ3) is 2.41. The van der Waals surface area contributed by atoms with Crippen LogP contribution in [0.4, 0.5) is 8.78 Å². The molecule has 1 aromatic carbocycles. The number of aryl methyl sites for hydroxylation is 1. The van der Waals surface area contributed by atoms with Crippen molar-refractivity contribution >= 4 is 16.9 Å². The van der Waals surface area contributed by atoms with Gasteiger partial charge in [-0.2, -0.15) is 0 Å². The lowest BCUT2D eigenvalue weighted by Crippen LogP contribution is -2.33. The molecule has 7 heteroatoms. The molecule has 1 aliphatic heterocycles. The van der Waals surface area contributed by atoms with Crippen molar-refractivity contribution in [1.29, 1.82) is 0 Å². The molecule has 0 spiro atoms. The van der Waals surface area contributed by atoms with Crippen molar-refractivity contribution < 1.29 is 23.0 Å². The zero-order valence-electron chi connectivity index (χ0n) is 12.7. The molecule has 0 amide bonds. The first-order valence-electron chi connectivity index (χ1n) is 7.24. The van der Waals surface area contributed by atoms with Crippen molar-refractivity contribution in [3.8, 4) is 0 Å². The predicted octanol–water partition coefficient (Wildman–Crippen LogP) is 2.34. The Bertz CT molecular complexity index is 856. The summed E-state index contributed by atoms with van der Waals surface area (Å²) in [7, 11) is 0. The molecule has 23 heavy (non-hydrogen) atoms. The monoisotopic (exact) mass is 323 g/mol. The van der Waals surface area contributed by atoms with Gasteiger partial charge in [0.05, 0.1) is 36.8 Å². The first-order chi connectivity index (χ1) is 11.0. The maximum Gasteiger partial charge on any atom is 0.343 e. The molecule has 1 fully saturated rings. The van der Waals surface area contributed by atoms with Gasteiger partial charge in [-0.15, -0.1) is 0 Å². The van der Waals surface area contributed by atoms with Gasteiger partial charge in [0.2, 0.25) is 5.43 Å². The molecule has 0 atom stereocenters. The van der Waals surface area contributed by atoms with Gasteiger partial charge in [-0.05, 0) is 13.8 Å². The Morgan fingerprint density at radius 3 is 2.70 bits per heavy atom. The molecule has 1 saturated heterocycles. The number of esters is 1. The third-order valence-electron chi connectivity index (χ3n) is 3.96. The maximum atomic E-state index is 13.9. The summed E-state index contributed by atoms with van der Waals surface area (Å²) in [4.78, 5) is 24.6. The van der Waals surface area contributed by atoms with Gasteiger partial charge in [0, 0.05) is 17.8 Å². The van der Waals surface area contributed by atoms with Crippen molar-refractivity contribution in [2.75, 3.05) is 19.8 Å². The summed E-state index contributed by atoms with van der Waals surface area (Å²) in [6.45, 7) is 3.80. The van der Waals surface area contributed by atoms with Crippen molar-refractivity contribution in [2.24, 2.45) is 0 Å². The highest BCUT2D eigenvalue weighted by Crippen LogP contribution is 2.27. The number of nitrogens with zero attached hydrogens (tertiary/aromatic N) is 1. The van der Waals surface area contributed by atoms with Gasteiger partial charge in [0.15, 0.2) is 11.6 Å². The van der Waals surface area contributed by atoms with Gasteiger partial charge >= 0.3 is 5.97 Å². The van der Waals surface area contributed by atoms with Crippen LogP contribution >= 0.6 is 0 Å². The molecular weight excluding hydrogens is 308 g/mol. The summed E-state index contributed by atoms with van der Waals surface area (Å²) in [5.41, 5.74) is -0.732. The zero-order chi connectivity index (χ0) is 16.7. The number of rotatable bonds is 3. The van der Waals surface area contributed by atoms with Crippen LogP contribution in [-0.2, 0) is 9.47 Å². The van der Waals surface area contributed by atoms with Gasteiger partial charge in [0.25, 0.3) is 0 Å². The van der Waals surface area contributed by atoms with E-state index in [2.05, 4.69) is 0 Å². The Morgan fingerprint density at radius 2 is 2.13 bits per heavy atom. The maximum absolute atomic E-state index is 13.9. The van der Waals surface area contributed by atoms with Crippen molar-refractivity contribution in [3.05, 3.63) is 45.2 Å². The van der Waals surface area contributed by atoms with E-state index in [0.29, 0.717) is 13.2 Å². The van der Waals surface area contributed by atoms with Crippen LogP contribution in [0.2, 0.25) is 0 Å². The van der Waals surface area contributed by atoms with Crippen LogP contribution in [-0.4, -0.2) is 30.4 Å². The number of hydrogen-bond acceptors (Lipinski definition) is 4. The number of fused-ring (bicyclic) bond motifs is 1. The minimum atomic E-state index is -1.09. The summed E-state index contributed by atoms with van der Waals surface area (Å²) < 4.78 is 39.2. The molecule has 2 heterocycles. The van der Waals surface area contributed by atoms with Gasteiger partial charge in [-0.25, -0.2) is 13.6 Å². The lowest BCUT2D eigenvalue weighted by atomic mass is 10.0. The van der Waals surface area contributed by atoms with E-state index >= 15 is 0 Å². The number of ether oxygens (including phenoxy) is 2. The van der Waals surface area contributed by atoms with Gasteiger partial charge in [-0.1, -0.05) is 0 Å². The van der Waals surface area contributed by atoms with E-state index < -0.39 is 23.0 Å². The Balaban J connectivity index is 2.37. The Kier molecular flexibility index (Phi) is 3.89. The summed E-state index contributed by atoms with van der Waals surface area (Å²) in [5, 5.41) is -0.0126. The second-order valence-electron chi connectivity index (χ2n) is 5.38. The highest BCUT2D eigenvalue weighted by Gasteiger charge is 2.27. The summed E-state index contributed by atoms with van der Waals surface area (Å²) in [6, 6.07) is 0.835. The van der Waals surface area contributed by atoms with Gasteiger partial charge in [0.1, 0.15) is 5.56 Å². The molecule has 2 aromatic rings. The van der Waals surface area contributed by atoms with Crippen molar-refractivity contribution in [2.45, 2.75) is 19.9 Å². The largest absolute Gasteiger partial charge is 0.462 e. The molecule has 0 unspecified atom stereocenters. The summed E-state index contributed by atoms with van der Waals surface area (Å²) in [5.74, 6) is -2.91. The van der Waals surface area contributed by atoms with Crippen LogP contribution in [0.3, 0.4) is 0 Å². The standard InChI is InChI=1S/C16H15F2NO4/c1-3-23-16(21)10-5-19(9-6-22-7-9)12-4-11(17)14(18)8(2)13(12)15(10)20/h4-5,9H,3,6-7H2,1-2H3. The third-order valence-corrected chi connectivity index (χ3v) is 3.96. The molecular formula is C16H15F2NO4. The zero-order valence-corrected chi connectivity index (χ0v) is 12.7. The normalized spacial score (nSPS) is 14.8. The Hall–Kier alpha value is -2.28. The number of aromatic nitrogens is 1. The lowest BCUT2D eigenvalue weighted by Gasteiger charge is -2.30. The quantitative estimate of drug-likeness (QED) is 0.814. The first-order valence-corrected chi connectivity index (χ1v) is 7.24. The second-order valence-corrected chi connectivity index (χ2v) is 5.38. The summed E-state index contributed by atoms with van der Waals surface area (Å²) in [6.07, 6.45) is 1.34. The Morgan fingerprint density at radius 1 is 1.43 bits per heavy atom. The topological polar surface area (TPSA) is 57.5 Å². The van der Waals surface area contributed by atoms with Gasteiger partial charge in [-0.3, -0.25) is 4.79 Å². The summed E-state index contributed by atoms with van der Waals surface area (Å²) >= 11 is 0. The van der Waals surface area contributed by atoms with Crippen LogP contribution in [0.25, 0.3) is 10.9 Å². The van der Waals surface area contributed by atoms with Crippen molar-refractivity contribution in [3.63, 3.8) is 0 Å². The number of carbonyl (C=O) groups is 1. The fourth-order valence-electron chi connectivity index (χ4n) is 2.67. The molecule has 0 radical (unpaired) electrons. The van der Waals surface area contributed by atoms with E-state index in [1.807, 2.05) is 0 Å². The average molecular weight is 323 g/mol. The smallest absolute Gasteiger partial charge is 0.343 e. The van der Waals surface area contributed by atoms with Gasteiger partial charge < -0.3 is 14.0 Å². The van der Waals surface area contributed by atoms with E-state index in [-0.39, 0.29) is 34.7 Å². The predicted molar refractivity (Wildman–Crippen MR) is 78.7 cm³/mol. The molecule has 0 aliphatic carbocycles. The van der Waals surface area contributed by atoms with Crippen LogP contribution in [0, 0.1) is 18.6 Å². The van der Waals surface area contributed by atoms with Crippen LogP contribution in [0.1, 0.15) is 28.9 Å². The molecule has 5 nitrogen and oxygen atoms in total. The van der Waals surface area contributed by atoms with E-state index in [9.17, 15) is 18.4 Å². The van der Waals surface area contributed by atoms with Crippen molar-refractivity contribution in [1.82, 2.24) is 4.57 Å². The Labute approximate surface area is 130 Å². The number of pyridine rings is 1. The molecule has 0 saturated carbocycles.